The maximum atomic E-state index is 12.6. The summed E-state index contributed by atoms with van der Waals surface area (Å²) in [5, 5.41) is 2.75. The van der Waals surface area contributed by atoms with Crippen molar-refractivity contribution < 1.29 is 22.7 Å². The van der Waals surface area contributed by atoms with Gasteiger partial charge in [-0.1, -0.05) is 13.8 Å². The highest BCUT2D eigenvalue weighted by molar-refractivity contribution is 9.10. The third-order valence-corrected chi connectivity index (χ3v) is 6.27. The molecule has 1 aromatic heterocycles. The number of nitrogens with zero attached hydrogens (tertiary/aromatic N) is 2. The van der Waals surface area contributed by atoms with Gasteiger partial charge in [0, 0.05) is 17.3 Å². The third kappa shape index (κ3) is 6.65. The Morgan fingerprint density at radius 2 is 1.82 bits per heavy atom. The van der Waals surface area contributed by atoms with Gasteiger partial charge >= 0.3 is 0 Å². The van der Waals surface area contributed by atoms with Crippen LogP contribution in [-0.4, -0.2) is 38.0 Å². The van der Waals surface area contributed by atoms with E-state index < -0.39 is 10.0 Å². The molecule has 0 radical (unpaired) electrons. The molecule has 174 valence electrons. The number of carbonyl (C=O) groups excluding carboxylic acids is 1. The second-order valence-electron chi connectivity index (χ2n) is 7.38. The molecule has 2 aromatic carbocycles. The van der Waals surface area contributed by atoms with Crippen LogP contribution in [0.5, 0.6) is 11.6 Å². The van der Waals surface area contributed by atoms with Crippen LogP contribution in [0, 0.1) is 5.92 Å². The van der Waals surface area contributed by atoms with Crippen molar-refractivity contribution in [3.05, 3.63) is 64.9 Å². The first-order valence-electron chi connectivity index (χ1n) is 9.90. The number of ether oxygens (including phenoxy) is 2. The lowest BCUT2D eigenvalue weighted by atomic mass is 10.2. The van der Waals surface area contributed by atoms with Gasteiger partial charge in [0.25, 0.3) is 15.9 Å². The maximum absolute atomic E-state index is 12.6. The second-order valence-corrected chi connectivity index (χ2v) is 9.92. The monoisotopic (exact) mass is 534 g/mol. The summed E-state index contributed by atoms with van der Waals surface area (Å²) in [5.41, 5.74) is 0.869. The highest BCUT2D eigenvalue weighted by Crippen LogP contribution is 2.27. The van der Waals surface area contributed by atoms with Crippen LogP contribution in [0.3, 0.4) is 0 Å². The maximum Gasteiger partial charge on any atom is 0.263 e. The molecule has 0 atom stereocenters. The van der Waals surface area contributed by atoms with E-state index in [-0.39, 0.29) is 22.5 Å². The Balaban J connectivity index is 1.67. The van der Waals surface area contributed by atoms with Gasteiger partial charge < -0.3 is 14.8 Å². The summed E-state index contributed by atoms with van der Waals surface area (Å²) >= 11 is 3.42. The van der Waals surface area contributed by atoms with Crippen molar-refractivity contribution in [1.82, 2.24) is 9.97 Å². The van der Waals surface area contributed by atoms with Crippen LogP contribution < -0.4 is 19.5 Å². The first-order valence-corrected chi connectivity index (χ1v) is 12.2. The molecule has 0 aliphatic carbocycles. The summed E-state index contributed by atoms with van der Waals surface area (Å²) in [7, 11) is -2.47. The average molecular weight is 535 g/mol. The summed E-state index contributed by atoms with van der Waals surface area (Å²) < 4.78 is 38.9. The lowest BCUT2D eigenvalue weighted by Crippen LogP contribution is -2.15. The predicted molar refractivity (Wildman–Crippen MR) is 128 cm³/mol. The summed E-state index contributed by atoms with van der Waals surface area (Å²) in [6, 6.07) is 12.2. The van der Waals surface area contributed by atoms with E-state index in [0.29, 0.717) is 34.0 Å². The molecule has 0 saturated heterocycles. The Morgan fingerprint density at radius 3 is 2.45 bits per heavy atom. The van der Waals surface area contributed by atoms with Crippen LogP contribution in [0.25, 0.3) is 0 Å². The highest BCUT2D eigenvalue weighted by Gasteiger charge is 2.16. The Morgan fingerprint density at radius 1 is 1.09 bits per heavy atom. The molecule has 3 rings (SSSR count). The first kappa shape index (κ1) is 24.5. The van der Waals surface area contributed by atoms with Crippen molar-refractivity contribution >= 4 is 43.4 Å². The number of hydrogen-bond acceptors (Lipinski definition) is 7. The zero-order valence-corrected chi connectivity index (χ0v) is 20.6. The van der Waals surface area contributed by atoms with E-state index in [4.69, 9.17) is 9.47 Å². The lowest BCUT2D eigenvalue weighted by Gasteiger charge is -2.12. The number of rotatable bonds is 9. The van der Waals surface area contributed by atoms with Gasteiger partial charge in [-0.2, -0.15) is 0 Å². The molecule has 1 heterocycles. The molecule has 0 unspecified atom stereocenters. The van der Waals surface area contributed by atoms with E-state index in [1.54, 1.807) is 18.2 Å². The van der Waals surface area contributed by atoms with Gasteiger partial charge in [-0.25, -0.2) is 18.4 Å². The van der Waals surface area contributed by atoms with Crippen LogP contribution in [0.1, 0.15) is 24.2 Å². The number of methoxy groups -OCH3 is 1. The smallest absolute Gasteiger partial charge is 0.263 e. The molecular formula is C22H23BrN4O5S. The average Bonchev–Trinajstić information content (AvgIpc) is 2.78. The Kier molecular flexibility index (Phi) is 7.88. The summed E-state index contributed by atoms with van der Waals surface area (Å²) in [5.74, 6) is 1.000. The van der Waals surface area contributed by atoms with Crippen molar-refractivity contribution in [1.29, 1.82) is 0 Å². The summed E-state index contributed by atoms with van der Waals surface area (Å²) in [6.45, 7) is 4.67. The summed E-state index contributed by atoms with van der Waals surface area (Å²) in [4.78, 5) is 20.3. The molecule has 11 heteroatoms. The molecular weight excluding hydrogens is 512 g/mol. The van der Waals surface area contributed by atoms with Crippen LogP contribution in [0.15, 0.2) is 64.2 Å². The fraction of sp³-hybridized carbons (Fsp3) is 0.227. The molecule has 2 N–H and O–H groups in total. The van der Waals surface area contributed by atoms with Crippen molar-refractivity contribution in [3.63, 3.8) is 0 Å². The number of sulfonamides is 1. The van der Waals surface area contributed by atoms with Gasteiger partial charge in [0.15, 0.2) is 0 Å². The topological polar surface area (TPSA) is 120 Å². The minimum absolute atomic E-state index is 0.00692. The SMILES string of the molecule is COc1cc(NS(=O)(=O)c2ccc(NC(=O)c3ccc(OCC(C)C)c(Br)c3)cc2)ncn1. The Hall–Kier alpha value is -3.18. The van der Waals surface area contributed by atoms with Gasteiger partial charge in [-0.05, 0) is 64.3 Å². The Labute approximate surface area is 200 Å². The molecule has 33 heavy (non-hydrogen) atoms. The van der Waals surface area contributed by atoms with Crippen LogP contribution in [0.4, 0.5) is 11.5 Å². The molecule has 0 spiro atoms. The van der Waals surface area contributed by atoms with Gasteiger partial charge in [-0.15, -0.1) is 0 Å². The fourth-order valence-electron chi connectivity index (χ4n) is 2.64. The van der Waals surface area contributed by atoms with Crippen molar-refractivity contribution in [2.24, 2.45) is 5.92 Å². The van der Waals surface area contributed by atoms with Crippen molar-refractivity contribution in [3.8, 4) is 11.6 Å². The van der Waals surface area contributed by atoms with E-state index in [9.17, 15) is 13.2 Å². The quantitative estimate of drug-likeness (QED) is 0.419. The molecule has 1 amide bonds. The highest BCUT2D eigenvalue weighted by atomic mass is 79.9. The van der Waals surface area contributed by atoms with E-state index in [0.717, 1.165) is 0 Å². The lowest BCUT2D eigenvalue weighted by molar-refractivity contribution is 0.102. The van der Waals surface area contributed by atoms with Crippen LogP contribution >= 0.6 is 15.9 Å². The number of aromatic nitrogens is 2. The van der Waals surface area contributed by atoms with Crippen molar-refractivity contribution in [2.75, 3.05) is 23.8 Å². The minimum atomic E-state index is -3.89. The van der Waals surface area contributed by atoms with E-state index in [2.05, 4.69) is 49.8 Å². The number of benzene rings is 2. The second kappa shape index (κ2) is 10.6. The molecule has 9 nitrogen and oxygen atoms in total. The minimum Gasteiger partial charge on any atom is -0.492 e. The zero-order valence-electron chi connectivity index (χ0n) is 18.2. The zero-order chi connectivity index (χ0) is 24.0. The predicted octanol–water partition coefficient (Wildman–Crippen LogP) is 4.34. The molecule has 3 aromatic rings. The largest absolute Gasteiger partial charge is 0.492 e. The number of amides is 1. The van der Waals surface area contributed by atoms with Gasteiger partial charge in [-0.3, -0.25) is 9.52 Å². The van der Waals surface area contributed by atoms with Gasteiger partial charge in [0.2, 0.25) is 5.88 Å². The van der Waals surface area contributed by atoms with Crippen molar-refractivity contribution in [2.45, 2.75) is 18.7 Å². The number of hydrogen-bond donors (Lipinski definition) is 2. The van der Waals surface area contributed by atoms with Gasteiger partial charge in [0.05, 0.1) is 23.1 Å². The third-order valence-electron chi connectivity index (χ3n) is 4.28. The number of halogens is 1. The molecule has 0 aliphatic heterocycles. The molecule has 0 aliphatic rings. The Bertz CT molecular complexity index is 1230. The molecule has 0 fully saturated rings. The number of anilines is 2. The van der Waals surface area contributed by atoms with Gasteiger partial charge in [0.1, 0.15) is 17.9 Å². The fourth-order valence-corrected chi connectivity index (χ4v) is 4.13. The number of nitrogens with one attached hydrogen (secondary N) is 2. The van der Waals surface area contributed by atoms with Crippen LogP contribution in [-0.2, 0) is 10.0 Å². The summed E-state index contributed by atoms with van der Waals surface area (Å²) in [6.07, 6.45) is 1.19. The molecule has 0 saturated carbocycles. The van der Waals surface area contributed by atoms with E-state index in [1.165, 1.54) is 43.8 Å². The number of carbonyl (C=O) groups is 1. The van der Waals surface area contributed by atoms with E-state index in [1.807, 2.05) is 0 Å². The normalized spacial score (nSPS) is 11.2. The van der Waals surface area contributed by atoms with E-state index >= 15 is 0 Å². The first-order chi connectivity index (χ1) is 15.7. The molecule has 0 bridgehead atoms. The standard InChI is InChI=1S/C22H23BrN4O5S/c1-14(2)12-32-19-9-4-15(10-18(19)23)22(28)26-16-5-7-17(8-6-16)33(29,30)27-20-11-21(31-3)25-13-24-20/h4-11,13-14H,12H2,1-3H3,(H,26,28)(H,24,25,27). The van der Waals surface area contributed by atoms with Crippen LogP contribution in [0.2, 0.25) is 0 Å².